The quantitative estimate of drug-likeness (QED) is 0.896. The van der Waals surface area contributed by atoms with Crippen LogP contribution in [0.15, 0.2) is 18.2 Å². The van der Waals surface area contributed by atoms with Crippen molar-refractivity contribution in [3.63, 3.8) is 0 Å². The normalized spacial score (nSPS) is 17.8. The van der Waals surface area contributed by atoms with Gasteiger partial charge in [-0.1, -0.05) is 30.9 Å². The minimum Gasteiger partial charge on any atom is -0.495 e. The Bertz CT molecular complexity index is 471. The summed E-state index contributed by atoms with van der Waals surface area (Å²) >= 11 is 5.95. The monoisotopic (exact) mass is 282 g/mol. The van der Waals surface area contributed by atoms with Crippen molar-refractivity contribution in [2.24, 2.45) is 5.73 Å². The third kappa shape index (κ3) is 3.19. The van der Waals surface area contributed by atoms with Gasteiger partial charge in [0.15, 0.2) is 0 Å². The lowest BCUT2D eigenvalue weighted by Gasteiger charge is -2.31. The zero-order valence-electron chi connectivity index (χ0n) is 11.0. The van der Waals surface area contributed by atoms with Crippen LogP contribution >= 0.6 is 11.6 Å². The summed E-state index contributed by atoms with van der Waals surface area (Å²) in [5, 5.41) is 3.37. The molecule has 0 aromatic heterocycles. The molecule has 0 heterocycles. The SMILES string of the molecule is COc1cc(NC(=O)C2(N)CCCCC2)ccc1Cl. The van der Waals surface area contributed by atoms with Gasteiger partial charge in [0.2, 0.25) is 5.91 Å². The molecular weight excluding hydrogens is 264 g/mol. The molecule has 0 bridgehead atoms. The van der Waals surface area contributed by atoms with Crippen LogP contribution in [0, 0.1) is 0 Å². The number of carbonyl (C=O) groups is 1. The number of rotatable bonds is 3. The third-order valence-corrected chi connectivity index (χ3v) is 3.92. The Kier molecular flexibility index (Phi) is 4.32. The Morgan fingerprint density at radius 2 is 2.05 bits per heavy atom. The molecule has 5 heteroatoms. The summed E-state index contributed by atoms with van der Waals surface area (Å²) in [7, 11) is 1.54. The second-order valence-electron chi connectivity index (χ2n) is 5.02. The van der Waals surface area contributed by atoms with Crippen LogP contribution in [0.1, 0.15) is 32.1 Å². The van der Waals surface area contributed by atoms with Crippen LogP contribution in [0.25, 0.3) is 0 Å². The zero-order chi connectivity index (χ0) is 13.9. The largest absolute Gasteiger partial charge is 0.495 e. The van der Waals surface area contributed by atoms with Crippen molar-refractivity contribution in [3.8, 4) is 5.75 Å². The van der Waals surface area contributed by atoms with Gasteiger partial charge in [0.1, 0.15) is 5.75 Å². The van der Waals surface area contributed by atoms with Crippen molar-refractivity contribution >= 4 is 23.2 Å². The number of hydrogen-bond acceptors (Lipinski definition) is 3. The minimum atomic E-state index is -0.745. The number of nitrogens with two attached hydrogens (primary N) is 1. The molecule has 1 aliphatic rings. The fourth-order valence-electron chi connectivity index (χ4n) is 2.40. The first-order valence-corrected chi connectivity index (χ1v) is 6.87. The van der Waals surface area contributed by atoms with Gasteiger partial charge in [0.25, 0.3) is 0 Å². The van der Waals surface area contributed by atoms with E-state index in [1.54, 1.807) is 25.3 Å². The first-order chi connectivity index (χ1) is 9.05. The topological polar surface area (TPSA) is 64.3 Å². The Hall–Kier alpha value is -1.26. The number of amides is 1. The highest BCUT2D eigenvalue weighted by Gasteiger charge is 2.35. The molecule has 1 aromatic carbocycles. The van der Waals surface area contributed by atoms with Gasteiger partial charge in [0.05, 0.1) is 17.7 Å². The van der Waals surface area contributed by atoms with E-state index in [0.717, 1.165) is 32.1 Å². The van der Waals surface area contributed by atoms with Gasteiger partial charge >= 0.3 is 0 Å². The summed E-state index contributed by atoms with van der Waals surface area (Å²) in [6, 6.07) is 5.14. The predicted molar refractivity (Wildman–Crippen MR) is 76.6 cm³/mol. The fourth-order valence-corrected chi connectivity index (χ4v) is 2.60. The molecule has 3 N–H and O–H groups in total. The highest BCUT2D eigenvalue weighted by molar-refractivity contribution is 6.32. The minimum absolute atomic E-state index is 0.128. The van der Waals surface area contributed by atoms with E-state index in [1.165, 1.54) is 0 Å². The summed E-state index contributed by atoms with van der Waals surface area (Å²) < 4.78 is 5.12. The van der Waals surface area contributed by atoms with E-state index in [9.17, 15) is 4.79 Å². The summed E-state index contributed by atoms with van der Waals surface area (Å²) in [6.07, 6.45) is 4.65. The highest BCUT2D eigenvalue weighted by atomic mass is 35.5. The van der Waals surface area contributed by atoms with Gasteiger partial charge in [-0.25, -0.2) is 0 Å². The standard InChI is InChI=1S/C14H19ClN2O2/c1-19-12-9-10(5-6-11(12)15)17-13(18)14(16)7-3-2-4-8-14/h5-6,9H,2-4,7-8,16H2,1H3,(H,17,18). The summed E-state index contributed by atoms with van der Waals surface area (Å²) in [4.78, 5) is 12.3. The molecule has 1 saturated carbocycles. The number of ether oxygens (including phenoxy) is 1. The van der Waals surface area contributed by atoms with Gasteiger partial charge < -0.3 is 15.8 Å². The summed E-state index contributed by atoms with van der Waals surface area (Å²) in [6.45, 7) is 0. The van der Waals surface area contributed by atoms with E-state index in [-0.39, 0.29) is 5.91 Å². The molecule has 0 radical (unpaired) electrons. The number of benzene rings is 1. The first kappa shape index (κ1) is 14.2. The van der Waals surface area contributed by atoms with Crippen LogP contribution in [-0.4, -0.2) is 18.6 Å². The molecule has 1 aliphatic carbocycles. The smallest absolute Gasteiger partial charge is 0.244 e. The van der Waals surface area contributed by atoms with Crippen molar-refractivity contribution in [1.29, 1.82) is 0 Å². The fraction of sp³-hybridized carbons (Fsp3) is 0.500. The molecule has 0 spiro atoms. The van der Waals surface area contributed by atoms with Gasteiger partial charge in [-0.15, -0.1) is 0 Å². The molecule has 0 aliphatic heterocycles. The van der Waals surface area contributed by atoms with Crippen LogP contribution in [0.4, 0.5) is 5.69 Å². The van der Waals surface area contributed by atoms with Crippen LogP contribution in [-0.2, 0) is 4.79 Å². The molecule has 0 saturated heterocycles. The molecule has 1 amide bonds. The van der Waals surface area contributed by atoms with Crippen molar-refractivity contribution in [2.45, 2.75) is 37.6 Å². The maximum absolute atomic E-state index is 12.3. The summed E-state index contributed by atoms with van der Waals surface area (Å²) in [5.41, 5.74) is 6.09. The van der Waals surface area contributed by atoms with Gasteiger partial charge in [-0.05, 0) is 25.0 Å². The second kappa shape index (κ2) is 5.80. The maximum Gasteiger partial charge on any atom is 0.244 e. The van der Waals surface area contributed by atoms with Crippen molar-refractivity contribution in [2.75, 3.05) is 12.4 Å². The van der Waals surface area contributed by atoms with Crippen molar-refractivity contribution < 1.29 is 9.53 Å². The molecule has 19 heavy (non-hydrogen) atoms. The van der Waals surface area contributed by atoms with Crippen LogP contribution in [0.2, 0.25) is 5.02 Å². The molecule has 2 rings (SSSR count). The van der Waals surface area contributed by atoms with E-state index < -0.39 is 5.54 Å². The van der Waals surface area contributed by atoms with Crippen LogP contribution in [0.5, 0.6) is 5.75 Å². The Morgan fingerprint density at radius 1 is 1.37 bits per heavy atom. The molecule has 1 aromatic rings. The third-order valence-electron chi connectivity index (χ3n) is 3.61. The highest BCUT2D eigenvalue weighted by Crippen LogP contribution is 2.30. The van der Waals surface area contributed by atoms with E-state index in [1.807, 2.05) is 0 Å². The number of nitrogens with one attached hydrogen (secondary N) is 1. The average molecular weight is 283 g/mol. The van der Waals surface area contributed by atoms with E-state index >= 15 is 0 Å². The van der Waals surface area contributed by atoms with Gasteiger partial charge in [-0.3, -0.25) is 4.79 Å². The van der Waals surface area contributed by atoms with Crippen LogP contribution in [0.3, 0.4) is 0 Å². The van der Waals surface area contributed by atoms with Gasteiger partial charge in [0, 0.05) is 11.8 Å². The second-order valence-corrected chi connectivity index (χ2v) is 5.43. The average Bonchev–Trinajstić information content (AvgIpc) is 2.41. The number of halogens is 1. The number of methoxy groups -OCH3 is 1. The molecule has 0 atom stereocenters. The lowest BCUT2D eigenvalue weighted by Crippen LogP contribution is -2.52. The Labute approximate surface area is 118 Å². The zero-order valence-corrected chi connectivity index (χ0v) is 11.8. The van der Waals surface area contributed by atoms with E-state index in [0.29, 0.717) is 16.5 Å². The molecular formula is C14H19ClN2O2. The molecule has 1 fully saturated rings. The lowest BCUT2D eigenvalue weighted by molar-refractivity contribution is -0.122. The molecule has 0 unspecified atom stereocenters. The molecule has 104 valence electrons. The number of carbonyl (C=O) groups excluding carboxylic acids is 1. The van der Waals surface area contributed by atoms with E-state index in [2.05, 4.69) is 5.32 Å². The lowest BCUT2D eigenvalue weighted by atomic mass is 9.82. The van der Waals surface area contributed by atoms with E-state index in [4.69, 9.17) is 22.1 Å². The molecule has 4 nitrogen and oxygen atoms in total. The van der Waals surface area contributed by atoms with Crippen LogP contribution < -0.4 is 15.8 Å². The first-order valence-electron chi connectivity index (χ1n) is 6.49. The predicted octanol–water partition coefficient (Wildman–Crippen LogP) is 2.95. The maximum atomic E-state index is 12.3. The summed E-state index contributed by atoms with van der Waals surface area (Å²) in [5.74, 6) is 0.408. The number of hydrogen-bond donors (Lipinski definition) is 2. The van der Waals surface area contributed by atoms with Crippen molar-refractivity contribution in [1.82, 2.24) is 0 Å². The number of anilines is 1. The van der Waals surface area contributed by atoms with Gasteiger partial charge in [-0.2, -0.15) is 0 Å². The Balaban J connectivity index is 2.10. The Morgan fingerprint density at radius 3 is 2.68 bits per heavy atom. The van der Waals surface area contributed by atoms with Crippen molar-refractivity contribution in [3.05, 3.63) is 23.2 Å².